The van der Waals surface area contributed by atoms with Crippen LogP contribution in [-0.4, -0.2) is 24.6 Å². The minimum Gasteiger partial charge on any atom is -0.371 e. The van der Waals surface area contributed by atoms with Crippen molar-refractivity contribution < 1.29 is 4.74 Å². The van der Waals surface area contributed by atoms with Crippen molar-refractivity contribution in [2.24, 2.45) is 0 Å². The molecule has 0 saturated carbocycles. The van der Waals surface area contributed by atoms with E-state index in [1.165, 1.54) is 11.1 Å². The number of nitrogens with zero attached hydrogens (tertiary/aromatic N) is 1. The van der Waals surface area contributed by atoms with Crippen molar-refractivity contribution in [3.8, 4) is 0 Å². The van der Waals surface area contributed by atoms with Crippen LogP contribution in [0.3, 0.4) is 0 Å². The SMILES string of the molecule is C[C@@H](c1ccccc1)N1CCO[C@@H](c2ccc(Cl)cc2)C1. The molecule has 0 aliphatic carbocycles. The number of benzene rings is 2. The van der Waals surface area contributed by atoms with Crippen LogP contribution in [-0.2, 0) is 4.74 Å². The van der Waals surface area contributed by atoms with Crippen LogP contribution in [0.25, 0.3) is 0 Å². The Balaban J connectivity index is 1.72. The van der Waals surface area contributed by atoms with Gasteiger partial charge in [0.15, 0.2) is 0 Å². The van der Waals surface area contributed by atoms with Gasteiger partial charge in [-0.15, -0.1) is 0 Å². The number of hydrogen-bond acceptors (Lipinski definition) is 2. The van der Waals surface area contributed by atoms with Crippen LogP contribution in [0.1, 0.15) is 30.2 Å². The Hall–Kier alpha value is -1.35. The number of ether oxygens (including phenoxy) is 1. The van der Waals surface area contributed by atoms with Crippen molar-refractivity contribution in [1.29, 1.82) is 0 Å². The Morgan fingerprint density at radius 3 is 2.52 bits per heavy atom. The van der Waals surface area contributed by atoms with Crippen molar-refractivity contribution in [3.63, 3.8) is 0 Å². The van der Waals surface area contributed by atoms with E-state index < -0.39 is 0 Å². The average molecular weight is 302 g/mol. The zero-order valence-corrected chi connectivity index (χ0v) is 13.0. The molecule has 0 bridgehead atoms. The highest BCUT2D eigenvalue weighted by Gasteiger charge is 2.25. The molecule has 1 aliphatic heterocycles. The van der Waals surface area contributed by atoms with Gasteiger partial charge in [0.2, 0.25) is 0 Å². The minimum absolute atomic E-state index is 0.127. The molecule has 1 aliphatic rings. The molecule has 110 valence electrons. The fourth-order valence-corrected chi connectivity index (χ4v) is 2.97. The molecule has 0 spiro atoms. The quantitative estimate of drug-likeness (QED) is 0.829. The van der Waals surface area contributed by atoms with Gasteiger partial charge < -0.3 is 4.74 Å². The molecule has 2 aromatic carbocycles. The Morgan fingerprint density at radius 1 is 1.10 bits per heavy atom. The van der Waals surface area contributed by atoms with E-state index in [0.29, 0.717) is 6.04 Å². The van der Waals surface area contributed by atoms with Gasteiger partial charge in [0.1, 0.15) is 0 Å². The normalized spacial score (nSPS) is 21.1. The van der Waals surface area contributed by atoms with Crippen LogP contribution in [0.15, 0.2) is 54.6 Å². The van der Waals surface area contributed by atoms with Gasteiger partial charge in [-0.1, -0.05) is 54.1 Å². The molecule has 21 heavy (non-hydrogen) atoms. The van der Waals surface area contributed by atoms with Crippen LogP contribution in [0.4, 0.5) is 0 Å². The molecule has 2 atom stereocenters. The van der Waals surface area contributed by atoms with Gasteiger partial charge in [-0.25, -0.2) is 0 Å². The fourth-order valence-electron chi connectivity index (χ4n) is 2.84. The summed E-state index contributed by atoms with van der Waals surface area (Å²) in [6, 6.07) is 19.0. The molecule has 1 heterocycles. The molecule has 3 heteroatoms. The van der Waals surface area contributed by atoms with Crippen LogP contribution >= 0.6 is 11.6 Å². The third-order valence-corrected chi connectivity index (χ3v) is 4.42. The first-order valence-electron chi connectivity index (χ1n) is 7.40. The van der Waals surface area contributed by atoms with Gasteiger partial charge in [-0.05, 0) is 30.2 Å². The van der Waals surface area contributed by atoms with Gasteiger partial charge in [0, 0.05) is 24.2 Å². The van der Waals surface area contributed by atoms with E-state index in [2.05, 4.69) is 54.3 Å². The maximum Gasteiger partial charge on any atom is 0.0952 e. The van der Waals surface area contributed by atoms with E-state index in [1.54, 1.807) is 0 Å². The number of morpholine rings is 1. The molecular weight excluding hydrogens is 282 g/mol. The Kier molecular flexibility index (Phi) is 4.59. The van der Waals surface area contributed by atoms with E-state index >= 15 is 0 Å². The highest BCUT2D eigenvalue weighted by molar-refractivity contribution is 6.30. The summed E-state index contributed by atoms with van der Waals surface area (Å²) < 4.78 is 5.94. The second kappa shape index (κ2) is 6.61. The maximum absolute atomic E-state index is 5.96. The van der Waals surface area contributed by atoms with E-state index in [-0.39, 0.29) is 6.10 Å². The van der Waals surface area contributed by atoms with E-state index in [9.17, 15) is 0 Å². The number of hydrogen-bond donors (Lipinski definition) is 0. The van der Waals surface area contributed by atoms with Crippen LogP contribution in [0.2, 0.25) is 5.02 Å². The second-order valence-electron chi connectivity index (χ2n) is 5.49. The maximum atomic E-state index is 5.96. The summed E-state index contributed by atoms with van der Waals surface area (Å²) in [7, 11) is 0. The first kappa shape index (κ1) is 14.6. The fraction of sp³-hybridized carbons (Fsp3) is 0.333. The first-order valence-corrected chi connectivity index (χ1v) is 7.78. The molecule has 1 saturated heterocycles. The lowest BCUT2D eigenvalue weighted by Crippen LogP contribution is -2.39. The largest absolute Gasteiger partial charge is 0.371 e. The van der Waals surface area contributed by atoms with Gasteiger partial charge in [0.25, 0.3) is 0 Å². The molecule has 0 radical (unpaired) electrons. The predicted molar refractivity (Wildman–Crippen MR) is 86.6 cm³/mol. The van der Waals surface area contributed by atoms with Crippen LogP contribution in [0, 0.1) is 0 Å². The molecule has 1 fully saturated rings. The average Bonchev–Trinajstić information content (AvgIpc) is 2.56. The molecule has 2 nitrogen and oxygen atoms in total. The Labute approximate surface area is 131 Å². The van der Waals surface area contributed by atoms with Gasteiger partial charge in [-0.2, -0.15) is 0 Å². The van der Waals surface area contributed by atoms with E-state index in [1.807, 2.05) is 12.1 Å². The van der Waals surface area contributed by atoms with Crippen molar-refractivity contribution in [1.82, 2.24) is 4.90 Å². The van der Waals surface area contributed by atoms with Crippen molar-refractivity contribution in [3.05, 3.63) is 70.7 Å². The molecule has 0 N–H and O–H groups in total. The predicted octanol–water partition coefficient (Wildman–Crippen LogP) is 4.47. The molecule has 2 aromatic rings. The molecule has 0 aromatic heterocycles. The Morgan fingerprint density at radius 2 is 1.81 bits per heavy atom. The summed E-state index contributed by atoms with van der Waals surface area (Å²) in [5, 5.41) is 0.768. The van der Waals surface area contributed by atoms with E-state index in [0.717, 1.165) is 24.7 Å². The topological polar surface area (TPSA) is 12.5 Å². The first-order chi connectivity index (χ1) is 10.2. The monoisotopic (exact) mass is 301 g/mol. The number of halogens is 1. The van der Waals surface area contributed by atoms with Gasteiger partial charge in [-0.3, -0.25) is 4.90 Å². The summed E-state index contributed by atoms with van der Waals surface area (Å²) in [4.78, 5) is 2.48. The highest BCUT2D eigenvalue weighted by atomic mass is 35.5. The lowest BCUT2D eigenvalue weighted by atomic mass is 10.0. The van der Waals surface area contributed by atoms with Gasteiger partial charge >= 0.3 is 0 Å². The second-order valence-corrected chi connectivity index (χ2v) is 5.93. The zero-order valence-electron chi connectivity index (χ0n) is 12.2. The lowest BCUT2D eigenvalue weighted by molar-refractivity contribution is -0.0431. The smallest absolute Gasteiger partial charge is 0.0952 e. The molecule has 3 rings (SSSR count). The summed E-state index contributed by atoms with van der Waals surface area (Å²) in [5.74, 6) is 0. The summed E-state index contributed by atoms with van der Waals surface area (Å²) in [6.07, 6.45) is 0.127. The van der Waals surface area contributed by atoms with E-state index in [4.69, 9.17) is 16.3 Å². The van der Waals surface area contributed by atoms with Crippen molar-refractivity contribution >= 4 is 11.6 Å². The number of rotatable bonds is 3. The summed E-state index contributed by atoms with van der Waals surface area (Å²) in [6.45, 7) is 4.92. The molecular formula is C18H20ClNO. The molecule has 0 unspecified atom stereocenters. The van der Waals surface area contributed by atoms with Crippen molar-refractivity contribution in [2.75, 3.05) is 19.7 Å². The Bertz CT molecular complexity index is 570. The highest BCUT2D eigenvalue weighted by Crippen LogP contribution is 2.29. The third-order valence-electron chi connectivity index (χ3n) is 4.17. The van der Waals surface area contributed by atoms with Crippen LogP contribution in [0.5, 0.6) is 0 Å². The third kappa shape index (κ3) is 3.46. The minimum atomic E-state index is 0.127. The van der Waals surface area contributed by atoms with Crippen molar-refractivity contribution in [2.45, 2.75) is 19.1 Å². The van der Waals surface area contributed by atoms with Gasteiger partial charge in [0.05, 0.1) is 12.7 Å². The van der Waals surface area contributed by atoms with Crippen LogP contribution < -0.4 is 0 Å². The zero-order chi connectivity index (χ0) is 14.7. The lowest BCUT2D eigenvalue weighted by Gasteiger charge is -2.37. The molecule has 0 amide bonds. The standard InChI is InChI=1S/C18H20ClNO/c1-14(15-5-3-2-4-6-15)20-11-12-21-18(13-20)16-7-9-17(19)10-8-16/h2-10,14,18H,11-13H2,1H3/t14-,18+/m0/s1. The summed E-state index contributed by atoms with van der Waals surface area (Å²) >= 11 is 5.96. The summed E-state index contributed by atoms with van der Waals surface area (Å²) in [5.41, 5.74) is 2.55.